The van der Waals surface area contributed by atoms with Crippen LogP contribution in [0.5, 0.6) is 0 Å². The van der Waals surface area contributed by atoms with Gasteiger partial charge in [-0.05, 0) is 45.2 Å². The minimum atomic E-state index is 0.663. The average Bonchev–Trinajstić information content (AvgIpc) is 2.54. The van der Waals surface area contributed by atoms with Crippen molar-refractivity contribution in [2.24, 2.45) is 5.92 Å². The topological polar surface area (TPSA) is 15.3 Å². The van der Waals surface area contributed by atoms with E-state index in [-0.39, 0.29) is 0 Å². The number of hydrogen-bond donors (Lipinski definition) is 1. The first-order valence-electron chi connectivity index (χ1n) is 6.83. The Balaban J connectivity index is 2.27. The summed E-state index contributed by atoms with van der Waals surface area (Å²) in [5, 5.41) is 3.42. The summed E-state index contributed by atoms with van der Waals surface area (Å²) in [7, 11) is 0. The highest BCUT2D eigenvalue weighted by Crippen LogP contribution is 2.21. The average molecular weight is 224 g/mol. The molecule has 0 aromatic rings. The zero-order chi connectivity index (χ0) is 11.8. The summed E-state index contributed by atoms with van der Waals surface area (Å²) in [6, 6.07) is 0.663. The van der Waals surface area contributed by atoms with Crippen molar-refractivity contribution in [3.8, 4) is 0 Å². The fraction of sp³-hybridized carbons (Fsp3) is 0.857. The highest BCUT2D eigenvalue weighted by Gasteiger charge is 2.19. The normalized spacial score (nSPS) is 25.0. The molecule has 0 aliphatic carbocycles. The monoisotopic (exact) mass is 224 g/mol. The van der Waals surface area contributed by atoms with Crippen LogP contribution in [0.3, 0.4) is 0 Å². The van der Waals surface area contributed by atoms with Crippen LogP contribution >= 0.6 is 0 Å². The lowest BCUT2D eigenvalue weighted by atomic mass is 9.98. The molecule has 1 heterocycles. The Hall–Kier alpha value is -0.340. The van der Waals surface area contributed by atoms with E-state index < -0.39 is 0 Å². The van der Waals surface area contributed by atoms with E-state index in [0.29, 0.717) is 6.04 Å². The molecule has 1 saturated heterocycles. The third-order valence-corrected chi connectivity index (χ3v) is 3.81. The van der Waals surface area contributed by atoms with Crippen LogP contribution < -0.4 is 5.32 Å². The predicted octanol–water partition coefficient (Wildman–Crippen LogP) is 2.66. The van der Waals surface area contributed by atoms with Crippen LogP contribution in [-0.2, 0) is 0 Å². The van der Waals surface area contributed by atoms with E-state index in [4.69, 9.17) is 0 Å². The van der Waals surface area contributed by atoms with Crippen LogP contribution in [0.15, 0.2) is 12.7 Å². The molecule has 1 aliphatic rings. The fourth-order valence-corrected chi connectivity index (χ4v) is 2.56. The molecule has 0 spiro atoms. The lowest BCUT2D eigenvalue weighted by Crippen LogP contribution is -2.41. The van der Waals surface area contributed by atoms with Crippen LogP contribution in [0.1, 0.15) is 39.5 Å². The highest BCUT2D eigenvalue weighted by molar-refractivity contribution is 4.77. The maximum absolute atomic E-state index is 3.73. The Labute approximate surface area is 101 Å². The molecule has 94 valence electrons. The molecule has 0 aromatic carbocycles. The van der Waals surface area contributed by atoms with Crippen LogP contribution in [-0.4, -0.2) is 37.1 Å². The lowest BCUT2D eigenvalue weighted by Gasteiger charge is -2.27. The van der Waals surface area contributed by atoms with E-state index in [9.17, 15) is 0 Å². The second kappa shape index (κ2) is 7.86. The van der Waals surface area contributed by atoms with Gasteiger partial charge in [0.25, 0.3) is 0 Å². The van der Waals surface area contributed by atoms with Crippen molar-refractivity contribution in [2.75, 3.05) is 26.2 Å². The van der Waals surface area contributed by atoms with Gasteiger partial charge in [-0.25, -0.2) is 0 Å². The van der Waals surface area contributed by atoms with Crippen molar-refractivity contribution >= 4 is 0 Å². The van der Waals surface area contributed by atoms with Crippen LogP contribution in [0, 0.1) is 5.92 Å². The number of rotatable bonds is 6. The maximum Gasteiger partial charge on any atom is 0.0192 e. The van der Waals surface area contributed by atoms with Gasteiger partial charge in [-0.15, -0.1) is 6.58 Å². The second-order valence-corrected chi connectivity index (χ2v) is 5.04. The third kappa shape index (κ3) is 4.67. The highest BCUT2D eigenvalue weighted by atomic mass is 15.2. The third-order valence-electron chi connectivity index (χ3n) is 3.81. The second-order valence-electron chi connectivity index (χ2n) is 5.04. The van der Waals surface area contributed by atoms with Gasteiger partial charge in [0.2, 0.25) is 0 Å². The fourth-order valence-electron chi connectivity index (χ4n) is 2.56. The van der Waals surface area contributed by atoms with Gasteiger partial charge in [0.05, 0.1) is 0 Å². The molecule has 1 aliphatic heterocycles. The number of nitrogens with zero attached hydrogens (tertiary/aromatic N) is 1. The molecule has 0 saturated carbocycles. The summed E-state index contributed by atoms with van der Waals surface area (Å²) in [6.45, 7) is 13.0. The summed E-state index contributed by atoms with van der Waals surface area (Å²) in [4.78, 5) is 2.64. The number of hydrogen-bond acceptors (Lipinski definition) is 2. The smallest absolute Gasteiger partial charge is 0.0192 e. The number of likely N-dealkylation sites (tertiary alicyclic amines) is 1. The molecular weight excluding hydrogens is 196 g/mol. The van der Waals surface area contributed by atoms with E-state index in [0.717, 1.165) is 19.0 Å². The van der Waals surface area contributed by atoms with Crippen molar-refractivity contribution in [1.29, 1.82) is 0 Å². The van der Waals surface area contributed by atoms with Gasteiger partial charge in [0.15, 0.2) is 0 Å². The largest absolute Gasteiger partial charge is 0.312 e. The van der Waals surface area contributed by atoms with Crippen molar-refractivity contribution in [3.05, 3.63) is 12.7 Å². The molecular formula is C14H28N2. The van der Waals surface area contributed by atoms with E-state index >= 15 is 0 Å². The van der Waals surface area contributed by atoms with Crippen molar-refractivity contribution in [2.45, 2.75) is 45.6 Å². The van der Waals surface area contributed by atoms with Crippen LogP contribution in [0.4, 0.5) is 0 Å². The first-order chi connectivity index (χ1) is 7.77. The summed E-state index contributed by atoms with van der Waals surface area (Å²) in [5.74, 6) is 0.971. The van der Waals surface area contributed by atoms with Gasteiger partial charge in [0, 0.05) is 19.1 Å². The molecule has 0 radical (unpaired) electrons. The zero-order valence-corrected chi connectivity index (χ0v) is 11.0. The molecule has 2 nitrogen and oxygen atoms in total. The van der Waals surface area contributed by atoms with Gasteiger partial charge in [0.1, 0.15) is 0 Å². The first kappa shape index (κ1) is 13.7. The summed E-state index contributed by atoms with van der Waals surface area (Å²) < 4.78 is 0. The summed E-state index contributed by atoms with van der Waals surface area (Å²) >= 11 is 0. The van der Waals surface area contributed by atoms with E-state index in [2.05, 4.69) is 30.6 Å². The zero-order valence-electron chi connectivity index (χ0n) is 11.0. The van der Waals surface area contributed by atoms with Gasteiger partial charge >= 0.3 is 0 Å². The lowest BCUT2D eigenvalue weighted by molar-refractivity contribution is 0.210. The maximum atomic E-state index is 3.73. The Morgan fingerprint density at radius 1 is 1.44 bits per heavy atom. The quantitative estimate of drug-likeness (QED) is 0.551. The van der Waals surface area contributed by atoms with Crippen molar-refractivity contribution in [3.63, 3.8) is 0 Å². The van der Waals surface area contributed by atoms with Crippen LogP contribution in [0.2, 0.25) is 0 Å². The summed E-state index contributed by atoms with van der Waals surface area (Å²) in [5.41, 5.74) is 0. The van der Waals surface area contributed by atoms with Crippen molar-refractivity contribution in [1.82, 2.24) is 10.2 Å². The van der Waals surface area contributed by atoms with E-state index in [1.165, 1.54) is 38.8 Å². The molecule has 1 fully saturated rings. The van der Waals surface area contributed by atoms with Gasteiger partial charge in [-0.2, -0.15) is 0 Å². The van der Waals surface area contributed by atoms with E-state index in [1.54, 1.807) is 0 Å². The molecule has 16 heavy (non-hydrogen) atoms. The summed E-state index contributed by atoms with van der Waals surface area (Å²) in [6.07, 6.45) is 7.49. The minimum absolute atomic E-state index is 0.663. The molecule has 0 bridgehead atoms. The van der Waals surface area contributed by atoms with Crippen molar-refractivity contribution < 1.29 is 0 Å². The molecule has 1 rings (SSSR count). The SMILES string of the molecule is C=CCNCC(C)N1CCCC(CC)CC1. The van der Waals surface area contributed by atoms with Gasteiger partial charge in [-0.1, -0.05) is 19.4 Å². The Morgan fingerprint density at radius 2 is 2.25 bits per heavy atom. The molecule has 0 amide bonds. The van der Waals surface area contributed by atoms with Gasteiger partial charge in [-0.3, -0.25) is 4.90 Å². The molecule has 0 aromatic heterocycles. The van der Waals surface area contributed by atoms with Crippen LogP contribution in [0.25, 0.3) is 0 Å². The predicted molar refractivity (Wildman–Crippen MR) is 71.7 cm³/mol. The number of nitrogens with one attached hydrogen (secondary N) is 1. The molecule has 2 heteroatoms. The Bertz CT molecular complexity index is 191. The standard InChI is InChI=1S/C14H28N2/c1-4-9-15-12-13(3)16-10-6-7-14(5-2)8-11-16/h4,13-15H,1,5-12H2,2-3H3. The Kier molecular flexibility index (Phi) is 6.74. The first-order valence-corrected chi connectivity index (χ1v) is 6.83. The Morgan fingerprint density at radius 3 is 2.94 bits per heavy atom. The minimum Gasteiger partial charge on any atom is -0.312 e. The molecule has 2 unspecified atom stereocenters. The van der Waals surface area contributed by atoms with Gasteiger partial charge < -0.3 is 5.32 Å². The van der Waals surface area contributed by atoms with E-state index in [1.807, 2.05) is 6.08 Å². The molecule has 2 atom stereocenters. The molecule has 1 N–H and O–H groups in total.